The van der Waals surface area contributed by atoms with E-state index >= 15 is 0 Å². The number of likely N-dealkylation sites (N-methyl/N-ethyl adjacent to an activating group) is 1. The van der Waals surface area contributed by atoms with Gasteiger partial charge < -0.3 is 5.32 Å². The third-order valence-corrected chi connectivity index (χ3v) is 5.88. The molecule has 0 unspecified atom stereocenters. The fourth-order valence-corrected chi connectivity index (χ4v) is 4.02. The molecule has 146 valence electrons. The van der Waals surface area contributed by atoms with Crippen LogP contribution in [0.2, 0.25) is 0 Å². The van der Waals surface area contributed by atoms with Gasteiger partial charge >= 0.3 is 0 Å². The first-order valence-corrected chi connectivity index (χ1v) is 10.6. The summed E-state index contributed by atoms with van der Waals surface area (Å²) in [6, 6.07) is 14.7. The molecular formula is C20H23N5OS2. The number of carbonyl (C=O) groups excluding carboxylic acids is 1. The molecule has 1 amide bonds. The minimum Gasteiger partial charge on any atom is -0.352 e. The number of hydrogen-bond donors (Lipinski definition) is 1. The van der Waals surface area contributed by atoms with E-state index in [-0.39, 0.29) is 5.91 Å². The highest BCUT2D eigenvalue weighted by Crippen LogP contribution is 2.24. The normalized spacial score (nSPS) is 13.8. The van der Waals surface area contributed by atoms with Gasteiger partial charge in [-0.3, -0.25) is 14.3 Å². The Labute approximate surface area is 173 Å². The summed E-state index contributed by atoms with van der Waals surface area (Å²) in [7, 11) is 1.91. The van der Waals surface area contributed by atoms with E-state index in [0.29, 0.717) is 30.6 Å². The fourth-order valence-electron chi connectivity index (χ4n) is 3.05. The zero-order valence-corrected chi connectivity index (χ0v) is 17.4. The van der Waals surface area contributed by atoms with Gasteiger partial charge in [-0.25, -0.2) is 4.68 Å². The Morgan fingerprint density at radius 1 is 1.29 bits per heavy atom. The van der Waals surface area contributed by atoms with E-state index in [1.165, 1.54) is 5.56 Å². The van der Waals surface area contributed by atoms with Crippen LogP contribution in [0.25, 0.3) is 10.7 Å². The summed E-state index contributed by atoms with van der Waals surface area (Å²) in [6.07, 6.45) is 2.18. The number of thiophene rings is 1. The number of aromatic nitrogens is 3. The molecule has 0 bridgehead atoms. The molecule has 2 aromatic heterocycles. The van der Waals surface area contributed by atoms with Gasteiger partial charge in [0.1, 0.15) is 0 Å². The predicted molar refractivity (Wildman–Crippen MR) is 114 cm³/mol. The van der Waals surface area contributed by atoms with Crippen molar-refractivity contribution >= 4 is 29.5 Å². The summed E-state index contributed by atoms with van der Waals surface area (Å²) < 4.78 is 4.52. The molecule has 1 aromatic carbocycles. The van der Waals surface area contributed by atoms with Crippen LogP contribution >= 0.6 is 23.6 Å². The first-order valence-electron chi connectivity index (χ1n) is 9.33. The van der Waals surface area contributed by atoms with E-state index in [2.05, 4.69) is 28.1 Å². The molecule has 1 N–H and O–H groups in total. The molecule has 2 heterocycles. The first-order chi connectivity index (χ1) is 13.6. The van der Waals surface area contributed by atoms with Gasteiger partial charge in [0.2, 0.25) is 5.91 Å². The number of benzene rings is 1. The lowest BCUT2D eigenvalue weighted by Crippen LogP contribution is -2.37. The summed E-state index contributed by atoms with van der Waals surface area (Å²) in [6.45, 7) is 1.47. The lowest BCUT2D eigenvalue weighted by molar-refractivity contribution is -0.122. The average molecular weight is 414 g/mol. The van der Waals surface area contributed by atoms with Gasteiger partial charge in [-0.1, -0.05) is 36.4 Å². The lowest BCUT2D eigenvalue weighted by Gasteiger charge is -2.15. The standard InChI is InChI=1S/C20H23N5OS2/c1-23(13-18(26)21-16-9-10-16)14-25-20(27)24(12-15-6-3-2-4-7-15)19(22-25)17-8-5-11-28-17/h2-8,11,16H,9-10,12-14H2,1H3,(H,21,26). The van der Waals surface area contributed by atoms with Crippen LogP contribution in [0, 0.1) is 4.77 Å². The van der Waals surface area contributed by atoms with E-state index in [4.69, 9.17) is 17.3 Å². The Kier molecular flexibility index (Phi) is 5.70. The number of carbonyl (C=O) groups is 1. The second-order valence-electron chi connectivity index (χ2n) is 7.15. The third kappa shape index (κ3) is 4.57. The summed E-state index contributed by atoms with van der Waals surface area (Å²) in [5.74, 6) is 0.915. The van der Waals surface area contributed by atoms with E-state index < -0.39 is 0 Å². The molecule has 0 radical (unpaired) electrons. The zero-order chi connectivity index (χ0) is 19.5. The summed E-state index contributed by atoms with van der Waals surface area (Å²) in [5.41, 5.74) is 1.17. The summed E-state index contributed by atoms with van der Waals surface area (Å²) >= 11 is 7.38. The highest BCUT2D eigenvalue weighted by molar-refractivity contribution is 7.71. The minimum absolute atomic E-state index is 0.0544. The van der Waals surface area contributed by atoms with Gasteiger partial charge in [-0.2, -0.15) is 0 Å². The molecule has 0 aliphatic heterocycles. The Hall–Kier alpha value is -2.29. The molecule has 0 saturated heterocycles. The molecule has 1 fully saturated rings. The Bertz CT molecular complexity index is 990. The topological polar surface area (TPSA) is 55.1 Å². The van der Waals surface area contributed by atoms with Crippen molar-refractivity contribution < 1.29 is 4.79 Å². The van der Waals surface area contributed by atoms with Crippen molar-refractivity contribution in [2.75, 3.05) is 13.6 Å². The van der Waals surface area contributed by atoms with Crippen molar-refractivity contribution in [3.05, 3.63) is 58.2 Å². The smallest absolute Gasteiger partial charge is 0.234 e. The van der Waals surface area contributed by atoms with E-state index in [1.54, 1.807) is 16.0 Å². The Morgan fingerprint density at radius 3 is 2.75 bits per heavy atom. The molecule has 8 heteroatoms. The van der Waals surface area contributed by atoms with Crippen LogP contribution in [0.15, 0.2) is 47.8 Å². The maximum absolute atomic E-state index is 12.1. The van der Waals surface area contributed by atoms with Crippen LogP contribution < -0.4 is 5.32 Å². The lowest BCUT2D eigenvalue weighted by atomic mass is 10.2. The molecule has 4 rings (SSSR count). The zero-order valence-electron chi connectivity index (χ0n) is 15.7. The predicted octanol–water partition coefficient (Wildman–Crippen LogP) is 3.36. The summed E-state index contributed by atoms with van der Waals surface area (Å²) in [4.78, 5) is 15.1. The molecular weight excluding hydrogens is 390 g/mol. The highest BCUT2D eigenvalue weighted by Gasteiger charge is 2.23. The first kappa shape index (κ1) is 19.0. The Balaban J connectivity index is 1.56. The largest absolute Gasteiger partial charge is 0.352 e. The van der Waals surface area contributed by atoms with Crippen molar-refractivity contribution in [2.45, 2.75) is 32.1 Å². The number of nitrogens with one attached hydrogen (secondary N) is 1. The van der Waals surface area contributed by atoms with Crippen LogP contribution in [0.3, 0.4) is 0 Å². The van der Waals surface area contributed by atoms with E-state index in [0.717, 1.165) is 23.5 Å². The molecule has 3 aromatic rings. The SMILES string of the molecule is CN(CC(=O)NC1CC1)Cn1nc(-c2cccs2)n(Cc2ccccc2)c1=S. The van der Waals surface area contributed by atoms with E-state index in [1.807, 2.05) is 41.6 Å². The minimum atomic E-state index is 0.0544. The van der Waals surface area contributed by atoms with E-state index in [9.17, 15) is 4.79 Å². The van der Waals surface area contributed by atoms with Crippen LogP contribution in [0.4, 0.5) is 0 Å². The molecule has 6 nitrogen and oxygen atoms in total. The second kappa shape index (κ2) is 8.38. The number of hydrogen-bond acceptors (Lipinski definition) is 5. The van der Waals surface area contributed by atoms with Crippen LogP contribution in [0.1, 0.15) is 18.4 Å². The molecule has 0 spiro atoms. The third-order valence-electron chi connectivity index (χ3n) is 4.58. The molecule has 28 heavy (non-hydrogen) atoms. The summed E-state index contributed by atoms with van der Waals surface area (Å²) in [5, 5.41) is 9.84. The van der Waals surface area contributed by atoms with Crippen LogP contribution in [0.5, 0.6) is 0 Å². The van der Waals surface area contributed by atoms with Crippen molar-refractivity contribution in [1.29, 1.82) is 0 Å². The van der Waals surface area contributed by atoms with Crippen molar-refractivity contribution in [3.8, 4) is 10.7 Å². The number of amides is 1. The van der Waals surface area contributed by atoms with Gasteiger partial charge in [-0.05, 0) is 49.1 Å². The Morgan fingerprint density at radius 2 is 2.07 bits per heavy atom. The van der Waals surface area contributed by atoms with Crippen LogP contribution in [-0.2, 0) is 18.0 Å². The maximum Gasteiger partial charge on any atom is 0.234 e. The number of nitrogens with zero attached hydrogens (tertiary/aromatic N) is 4. The fraction of sp³-hybridized carbons (Fsp3) is 0.350. The monoisotopic (exact) mass is 413 g/mol. The highest BCUT2D eigenvalue weighted by atomic mass is 32.1. The van der Waals surface area contributed by atoms with Gasteiger partial charge in [0.15, 0.2) is 10.6 Å². The van der Waals surface area contributed by atoms with Crippen molar-refractivity contribution in [2.24, 2.45) is 0 Å². The van der Waals surface area contributed by atoms with Crippen LogP contribution in [-0.4, -0.2) is 44.8 Å². The van der Waals surface area contributed by atoms with Crippen molar-refractivity contribution in [1.82, 2.24) is 24.6 Å². The van der Waals surface area contributed by atoms with Gasteiger partial charge in [0, 0.05) is 6.04 Å². The maximum atomic E-state index is 12.1. The quantitative estimate of drug-likeness (QED) is 0.576. The van der Waals surface area contributed by atoms with Gasteiger partial charge in [0.25, 0.3) is 0 Å². The van der Waals surface area contributed by atoms with Gasteiger partial charge in [0.05, 0.1) is 24.6 Å². The number of rotatable bonds is 8. The van der Waals surface area contributed by atoms with Gasteiger partial charge in [-0.15, -0.1) is 16.4 Å². The molecule has 1 aliphatic rings. The molecule has 1 saturated carbocycles. The average Bonchev–Trinajstić information content (AvgIpc) is 3.22. The second-order valence-corrected chi connectivity index (χ2v) is 8.46. The molecule has 1 aliphatic carbocycles. The van der Waals surface area contributed by atoms with Crippen molar-refractivity contribution in [3.63, 3.8) is 0 Å². The molecule has 0 atom stereocenters.